The molecule has 0 aromatic rings. The summed E-state index contributed by atoms with van der Waals surface area (Å²) in [5, 5.41) is 10.4. The molecule has 1 amide bonds. The van der Waals surface area contributed by atoms with Crippen LogP contribution in [0.25, 0.3) is 0 Å². The van der Waals surface area contributed by atoms with Crippen LogP contribution in [0.3, 0.4) is 0 Å². The Kier molecular flexibility index (Phi) is 4.69. The fourth-order valence-corrected chi connectivity index (χ4v) is 0.934. The Labute approximate surface area is 69.4 Å². The maximum absolute atomic E-state index is 10.7. The summed E-state index contributed by atoms with van der Waals surface area (Å²) in [4.78, 5) is 21.0. The summed E-state index contributed by atoms with van der Waals surface area (Å²) >= 11 is 1.06. The Balaban J connectivity index is 3.66. The molecule has 64 valence electrons. The highest BCUT2D eigenvalue weighted by atomic mass is 32.2. The van der Waals surface area contributed by atoms with E-state index in [1.165, 1.54) is 6.92 Å². The van der Waals surface area contributed by atoms with Crippen molar-refractivity contribution in [2.24, 2.45) is 0 Å². The number of carbonyl (C=O) groups excluding carboxylic acids is 1. The highest BCUT2D eigenvalue weighted by Crippen LogP contribution is 2.00. The largest absolute Gasteiger partial charge is 0.480 e. The molecule has 11 heavy (non-hydrogen) atoms. The molecule has 5 heteroatoms. The molecule has 0 unspecified atom stereocenters. The van der Waals surface area contributed by atoms with Gasteiger partial charge in [-0.3, -0.25) is 9.59 Å². The Morgan fingerprint density at radius 3 is 2.55 bits per heavy atom. The number of hydrogen-bond acceptors (Lipinski definition) is 3. The van der Waals surface area contributed by atoms with Crippen LogP contribution in [-0.4, -0.2) is 28.1 Å². The standard InChI is InChI=1S/C6H11NO3S/c1-3-11-6(10)7-4(2)5(8)9/h4H,3H2,1-2H3,(H,7,10)(H,8,9)/t4-/m0/s1. The van der Waals surface area contributed by atoms with Gasteiger partial charge in [-0.2, -0.15) is 0 Å². The third-order valence-corrected chi connectivity index (χ3v) is 1.65. The zero-order chi connectivity index (χ0) is 8.85. The molecule has 0 saturated heterocycles. The highest BCUT2D eigenvalue weighted by Gasteiger charge is 2.12. The summed E-state index contributed by atoms with van der Waals surface area (Å²) in [6, 6.07) is -0.804. The van der Waals surface area contributed by atoms with Gasteiger partial charge in [-0.15, -0.1) is 0 Å². The van der Waals surface area contributed by atoms with Crippen LogP contribution < -0.4 is 5.32 Å². The first-order chi connectivity index (χ1) is 5.07. The van der Waals surface area contributed by atoms with Crippen molar-refractivity contribution in [3.05, 3.63) is 0 Å². The molecule has 0 aliphatic rings. The lowest BCUT2D eigenvalue weighted by atomic mass is 10.4. The van der Waals surface area contributed by atoms with Crippen LogP contribution in [0.5, 0.6) is 0 Å². The minimum absolute atomic E-state index is 0.289. The number of rotatable bonds is 3. The number of nitrogens with one attached hydrogen (secondary N) is 1. The summed E-state index contributed by atoms with van der Waals surface area (Å²) in [6.45, 7) is 3.26. The molecular formula is C6H11NO3S. The van der Waals surface area contributed by atoms with Gasteiger partial charge in [0.25, 0.3) is 5.24 Å². The van der Waals surface area contributed by atoms with E-state index >= 15 is 0 Å². The average Bonchev–Trinajstić information content (AvgIpc) is 1.87. The summed E-state index contributed by atoms with van der Waals surface area (Å²) in [5.74, 6) is -0.368. The van der Waals surface area contributed by atoms with Gasteiger partial charge in [-0.25, -0.2) is 0 Å². The lowest BCUT2D eigenvalue weighted by Gasteiger charge is -2.06. The van der Waals surface area contributed by atoms with E-state index in [1.807, 2.05) is 6.92 Å². The lowest BCUT2D eigenvalue weighted by molar-refractivity contribution is -0.138. The van der Waals surface area contributed by atoms with Crippen LogP contribution in [0.2, 0.25) is 0 Å². The number of hydrogen-bond donors (Lipinski definition) is 2. The lowest BCUT2D eigenvalue weighted by Crippen LogP contribution is -2.36. The van der Waals surface area contributed by atoms with Gasteiger partial charge in [-0.05, 0) is 12.7 Å². The Hall–Kier alpha value is -0.710. The summed E-state index contributed by atoms with van der Waals surface area (Å²) in [7, 11) is 0. The number of amides is 1. The topological polar surface area (TPSA) is 66.4 Å². The normalized spacial score (nSPS) is 12.2. The molecule has 4 nitrogen and oxygen atoms in total. The Morgan fingerprint density at radius 1 is 1.64 bits per heavy atom. The fourth-order valence-electron chi connectivity index (χ4n) is 0.411. The number of thioether (sulfide) groups is 1. The van der Waals surface area contributed by atoms with E-state index in [0.29, 0.717) is 5.75 Å². The minimum Gasteiger partial charge on any atom is -0.480 e. The Morgan fingerprint density at radius 2 is 2.18 bits per heavy atom. The average molecular weight is 177 g/mol. The van der Waals surface area contributed by atoms with E-state index in [1.54, 1.807) is 0 Å². The summed E-state index contributed by atoms with van der Waals surface area (Å²) in [5.41, 5.74) is 0. The molecule has 0 fully saturated rings. The molecule has 0 radical (unpaired) electrons. The van der Waals surface area contributed by atoms with Crippen molar-refractivity contribution in [3.63, 3.8) is 0 Å². The Bertz CT molecular complexity index is 160. The van der Waals surface area contributed by atoms with Gasteiger partial charge >= 0.3 is 5.97 Å². The summed E-state index contributed by atoms with van der Waals surface area (Å²) in [6.07, 6.45) is 0. The molecule has 0 spiro atoms. The second-order valence-electron chi connectivity index (χ2n) is 1.92. The van der Waals surface area contributed by atoms with Gasteiger partial charge in [0.2, 0.25) is 0 Å². The van der Waals surface area contributed by atoms with E-state index in [-0.39, 0.29) is 5.24 Å². The number of carbonyl (C=O) groups is 2. The minimum atomic E-state index is -1.02. The number of carboxylic acid groups (broad SMARTS) is 1. The highest BCUT2D eigenvalue weighted by molar-refractivity contribution is 8.13. The van der Waals surface area contributed by atoms with Crippen LogP contribution in [0.4, 0.5) is 4.79 Å². The molecule has 0 heterocycles. The van der Waals surface area contributed by atoms with Crippen molar-refractivity contribution in [1.82, 2.24) is 5.32 Å². The second kappa shape index (κ2) is 5.01. The fraction of sp³-hybridized carbons (Fsp3) is 0.667. The number of aliphatic carboxylic acids is 1. The van der Waals surface area contributed by atoms with Crippen molar-refractivity contribution in [2.75, 3.05) is 5.75 Å². The van der Waals surface area contributed by atoms with Gasteiger partial charge in [0.1, 0.15) is 6.04 Å². The molecule has 2 N–H and O–H groups in total. The quantitative estimate of drug-likeness (QED) is 0.672. The molecule has 1 atom stereocenters. The molecular weight excluding hydrogens is 166 g/mol. The first-order valence-electron chi connectivity index (χ1n) is 3.24. The van der Waals surface area contributed by atoms with Crippen molar-refractivity contribution >= 4 is 23.0 Å². The number of carboxylic acids is 1. The van der Waals surface area contributed by atoms with E-state index < -0.39 is 12.0 Å². The van der Waals surface area contributed by atoms with Gasteiger partial charge < -0.3 is 10.4 Å². The van der Waals surface area contributed by atoms with Gasteiger partial charge in [-0.1, -0.05) is 18.7 Å². The first kappa shape index (κ1) is 10.3. The van der Waals surface area contributed by atoms with Crippen LogP contribution >= 0.6 is 11.8 Å². The maximum atomic E-state index is 10.7. The molecule has 0 rings (SSSR count). The monoisotopic (exact) mass is 177 g/mol. The first-order valence-corrected chi connectivity index (χ1v) is 4.22. The van der Waals surface area contributed by atoms with Crippen molar-refractivity contribution in [3.8, 4) is 0 Å². The van der Waals surface area contributed by atoms with Gasteiger partial charge in [0.05, 0.1) is 0 Å². The van der Waals surface area contributed by atoms with E-state index in [4.69, 9.17) is 5.11 Å². The third kappa shape index (κ3) is 4.66. The zero-order valence-electron chi connectivity index (χ0n) is 6.46. The van der Waals surface area contributed by atoms with Crippen LogP contribution in [-0.2, 0) is 4.79 Å². The smallest absolute Gasteiger partial charge is 0.325 e. The van der Waals surface area contributed by atoms with Gasteiger partial charge in [0, 0.05) is 0 Å². The molecule has 0 aliphatic heterocycles. The van der Waals surface area contributed by atoms with Crippen molar-refractivity contribution < 1.29 is 14.7 Å². The van der Waals surface area contributed by atoms with Crippen LogP contribution in [0.15, 0.2) is 0 Å². The predicted octanol–water partition coefficient (Wildman–Crippen LogP) is 0.922. The summed E-state index contributed by atoms with van der Waals surface area (Å²) < 4.78 is 0. The molecule has 0 aromatic carbocycles. The zero-order valence-corrected chi connectivity index (χ0v) is 7.27. The van der Waals surface area contributed by atoms with Crippen molar-refractivity contribution in [2.45, 2.75) is 19.9 Å². The molecule has 0 aliphatic carbocycles. The molecule has 0 aromatic heterocycles. The molecule has 0 bridgehead atoms. The van der Waals surface area contributed by atoms with Crippen LogP contribution in [0.1, 0.15) is 13.8 Å². The molecule has 0 saturated carbocycles. The van der Waals surface area contributed by atoms with E-state index in [9.17, 15) is 9.59 Å². The SMILES string of the molecule is CCSC(=O)N[C@@H](C)C(=O)O. The van der Waals surface area contributed by atoms with Crippen LogP contribution in [0, 0.1) is 0 Å². The third-order valence-electron chi connectivity index (χ3n) is 0.980. The second-order valence-corrected chi connectivity index (χ2v) is 3.16. The maximum Gasteiger partial charge on any atom is 0.325 e. The van der Waals surface area contributed by atoms with E-state index in [2.05, 4.69) is 5.32 Å². The van der Waals surface area contributed by atoms with Crippen molar-refractivity contribution in [1.29, 1.82) is 0 Å². The predicted molar refractivity (Wildman–Crippen MR) is 43.8 cm³/mol. The van der Waals surface area contributed by atoms with E-state index in [0.717, 1.165) is 11.8 Å². The van der Waals surface area contributed by atoms with Gasteiger partial charge in [0.15, 0.2) is 0 Å².